The number of rotatable bonds is 4. The normalized spacial score (nSPS) is 18.6. The molecule has 1 aliphatic heterocycles. The first-order chi connectivity index (χ1) is 10.8. The number of carbonyl (C=O) groups is 1. The van der Waals surface area contributed by atoms with E-state index >= 15 is 0 Å². The summed E-state index contributed by atoms with van der Waals surface area (Å²) >= 11 is 0. The molecule has 122 valence electrons. The van der Waals surface area contributed by atoms with Crippen molar-refractivity contribution < 1.29 is 21.6 Å². The number of nitrogens with zero attached hydrogens (tertiary/aromatic N) is 3. The molecular formula is C14H14FN3O4S. The number of halogens is 1. The van der Waals surface area contributed by atoms with Crippen molar-refractivity contribution in [2.75, 3.05) is 17.2 Å². The summed E-state index contributed by atoms with van der Waals surface area (Å²) in [6.07, 6.45) is 0.00863. The number of aryl methyl sites for hydroxylation is 1. The number of hydrogen-bond donors (Lipinski definition) is 0. The Hall–Kier alpha value is -2.29. The molecule has 0 bridgehead atoms. The first-order valence-electron chi connectivity index (χ1n) is 6.95. The Kier molecular flexibility index (Phi) is 3.88. The van der Waals surface area contributed by atoms with Crippen LogP contribution in [0.5, 0.6) is 0 Å². The summed E-state index contributed by atoms with van der Waals surface area (Å²) in [4.78, 5) is 17.7. The maximum Gasteiger partial charge on any atom is 0.302 e. The minimum Gasteiger partial charge on any atom is -0.339 e. The van der Waals surface area contributed by atoms with Crippen LogP contribution < -0.4 is 4.90 Å². The van der Waals surface area contributed by atoms with Crippen LogP contribution in [0.15, 0.2) is 28.8 Å². The summed E-state index contributed by atoms with van der Waals surface area (Å²) in [6, 6.07) is 6.95. The van der Waals surface area contributed by atoms with E-state index in [0.717, 1.165) is 0 Å². The average molecular weight is 339 g/mol. The number of anilines is 1. The minimum atomic E-state index is -4.60. The van der Waals surface area contributed by atoms with Gasteiger partial charge in [-0.25, -0.2) is 0 Å². The highest BCUT2D eigenvalue weighted by Crippen LogP contribution is 2.29. The van der Waals surface area contributed by atoms with Gasteiger partial charge in [-0.2, -0.15) is 13.4 Å². The second-order valence-electron chi connectivity index (χ2n) is 5.47. The molecule has 9 heteroatoms. The Morgan fingerprint density at radius 3 is 2.87 bits per heavy atom. The highest BCUT2D eigenvalue weighted by Gasteiger charge is 2.33. The Bertz CT molecular complexity index is 849. The fourth-order valence-corrected chi connectivity index (χ4v) is 3.44. The van der Waals surface area contributed by atoms with Gasteiger partial charge >= 0.3 is 10.2 Å². The van der Waals surface area contributed by atoms with Gasteiger partial charge < -0.3 is 9.42 Å². The zero-order chi connectivity index (χ0) is 16.6. The highest BCUT2D eigenvalue weighted by molar-refractivity contribution is 7.86. The molecule has 1 unspecified atom stereocenters. The lowest BCUT2D eigenvalue weighted by molar-refractivity contribution is -0.117. The molecule has 0 radical (unpaired) electrons. The fraction of sp³-hybridized carbons (Fsp3) is 0.357. The third-order valence-corrected chi connectivity index (χ3v) is 4.45. The largest absolute Gasteiger partial charge is 0.339 e. The number of carbonyl (C=O) groups excluding carboxylic acids is 1. The molecule has 1 aromatic heterocycles. The predicted octanol–water partition coefficient (Wildman–Crippen LogP) is 1.70. The maximum absolute atomic E-state index is 12.8. The zero-order valence-corrected chi connectivity index (χ0v) is 13.1. The highest BCUT2D eigenvalue weighted by atomic mass is 32.3. The van der Waals surface area contributed by atoms with E-state index in [0.29, 0.717) is 23.0 Å². The van der Waals surface area contributed by atoms with Gasteiger partial charge in [0.2, 0.25) is 17.6 Å². The molecule has 2 heterocycles. The van der Waals surface area contributed by atoms with Crippen molar-refractivity contribution in [3.05, 3.63) is 30.2 Å². The van der Waals surface area contributed by atoms with Crippen molar-refractivity contribution in [3.8, 4) is 11.4 Å². The zero-order valence-electron chi connectivity index (χ0n) is 12.3. The molecule has 1 aromatic carbocycles. The van der Waals surface area contributed by atoms with Gasteiger partial charge in [0.15, 0.2) is 0 Å². The molecular weight excluding hydrogens is 325 g/mol. The number of amides is 1. The van der Waals surface area contributed by atoms with E-state index in [1.54, 1.807) is 31.2 Å². The Morgan fingerprint density at radius 2 is 2.22 bits per heavy atom. The van der Waals surface area contributed by atoms with Crippen molar-refractivity contribution in [2.24, 2.45) is 5.92 Å². The van der Waals surface area contributed by atoms with Crippen molar-refractivity contribution in [2.45, 2.75) is 13.3 Å². The van der Waals surface area contributed by atoms with E-state index in [1.165, 1.54) is 4.90 Å². The lowest BCUT2D eigenvalue weighted by Gasteiger charge is -2.17. The van der Waals surface area contributed by atoms with Crippen LogP contribution in [0.1, 0.15) is 12.3 Å². The summed E-state index contributed by atoms with van der Waals surface area (Å²) < 4.78 is 39.2. The number of hydrogen-bond acceptors (Lipinski definition) is 6. The molecule has 0 spiro atoms. The smallest absolute Gasteiger partial charge is 0.302 e. The lowest BCUT2D eigenvalue weighted by atomic mass is 10.1. The van der Waals surface area contributed by atoms with E-state index in [4.69, 9.17) is 4.52 Å². The van der Waals surface area contributed by atoms with E-state index in [2.05, 4.69) is 10.1 Å². The van der Waals surface area contributed by atoms with Crippen LogP contribution in [0.2, 0.25) is 0 Å². The van der Waals surface area contributed by atoms with E-state index in [9.17, 15) is 17.1 Å². The number of aromatic nitrogens is 2. The van der Waals surface area contributed by atoms with E-state index in [-0.39, 0.29) is 18.9 Å². The molecule has 23 heavy (non-hydrogen) atoms. The summed E-state index contributed by atoms with van der Waals surface area (Å²) in [7, 11) is -4.60. The number of benzene rings is 1. The molecule has 1 fully saturated rings. The summed E-state index contributed by atoms with van der Waals surface area (Å²) in [6.45, 7) is 1.84. The Balaban J connectivity index is 1.83. The Labute approximate surface area is 132 Å². The molecule has 0 aliphatic carbocycles. The van der Waals surface area contributed by atoms with Gasteiger partial charge in [-0.15, -0.1) is 3.89 Å². The molecule has 1 atom stereocenters. The van der Waals surface area contributed by atoms with Crippen molar-refractivity contribution in [1.29, 1.82) is 0 Å². The van der Waals surface area contributed by atoms with E-state index < -0.39 is 21.9 Å². The quantitative estimate of drug-likeness (QED) is 0.787. The van der Waals surface area contributed by atoms with Gasteiger partial charge in [-0.05, 0) is 12.1 Å². The van der Waals surface area contributed by atoms with Gasteiger partial charge in [0.05, 0.1) is 5.75 Å². The first kappa shape index (κ1) is 15.6. The monoisotopic (exact) mass is 339 g/mol. The van der Waals surface area contributed by atoms with Crippen molar-refractivity contribution in [3.63, 3.8) is 0 Å². The second kappa shape index (κ2) is 5.73. The molecule has 1 aliphatic rings. The summed E-state index contributed by atoms with van der Waals surface area (Å²) in [5.41, 5.74) is 1.27. The molecule has 1 amide bonds. The summed E-state index contributed by atoms with van der Waals surface area (Å²) in [5, 5.41) is 3.82. The predicted molar refractivity (Wildman–Crippen MR) is 79.8 cm³/mol. The molecule has 2 aromatic rings. The van der Waals surface area contributed by atoms with Crippen LogP contribution in [0.25, 0.3) is 11.4 Å². The Morgan fingerprint density at radius 1 is 1.43 bits per heavy atom. The van der Waals surface area contributed by atoms with Gasteiger partial charge in [-0.1, -0.05) is 17.3 Å². The lowest BCUT2D eigenvalue weighted by Crippen LogP contribution is -2.25. The van der Waals surface area contributed by atoms with E-state index in [1.807, 2.05) is 0 Å². The van der Waals surface area contributed by atoms with Crippen LogP contribution in [0.4, 0.5) is 9.57 Å². The molecule has 3 rings (SSSR count). The second-order valence-corrected chi connectivity index (χ2v) is 6.88. The van der Waals surface area contributed by atoms with Crippen molar-refractivity contribution >= 4 is 21.8 Å². The molecule has 7 nitrogen and oxygen atoms in total. The molecule has 1 saturated heterocycles. The average Bonchev–Trinajstić information content (AvgIpc) is 3.03. The van der Waals surface area contributed by atoms with Gasteiger partial charge in [-0.3, -0.25) is 4.79 Å². The van der Waals surface area contributed by atoms with Crippen LogP contribution in [-0.2, 0) is 15.0 Å². The van der Waals surface area contributed by atoms with Crippen LogP contribution in [-0.4, -0.2) is 36.8 Å². The van der Waals surface area contributed by atoms with Crippen LogP contribution >= 0.6 is 0 Å². The third-order valence-electron chi connectivity index (χ3n) is 3.58. The van der Waals surface area contributed by atoms with Gasteiger partial charge in [0, 0.05) is 37.1 Å². The third kappa shape index (κ3) is 3.55. The first-order valence-corrected chi connectivity index (χ1v) is 8.50. The summed E-state index contributed by atoms with van der Waals surface area (Å²) in [5.74, 6) is -0.595. The van der Waals surface area contributed by atoms with Crippen LogP contribution in [0.3, 0.4) is 0 Å². The van der Waals surface area contributed by atoms with Gasteiger partial charge in [0.25, 0.3) is 0 Å². The van der Waals surface area contributed by atoms with Crippen molar-refractivity contribution in [1.82, 2.24) is 10.1 Å². The standard InChI is InChI=1S/C14H14FN3O4S/c1-9-16-14(17-22-9)11-3-2-4-12(6-11)18-7-10(5-13(18)19)8-23(15,20)21/h2-4,6,10H,5,7-8H2,1H3. The topological polar surface area (TPSA) is 93.4 Å². The van der Waals surface area contributed by atoms with Crippen LogP contribution in [0, 0.1) is 12.8 Å². The fourth-order valence-electron chi connectivity index (χ4n) is 2.65. The maximum atomic E-state index is 12.8. The SMILES string of the molecule is Cc1nc(-c2cccc(N3CC(CS(=O)(=O)F)CC3=O)c2)no1. The molecule has 0 N–H and O–H groups in total. The molecule has 0 saturated carbocycles. The minimum absolute atomic E-state index is 0.00863. The van der Waals surface area contributed by atoms with Gasteiger partial charge in [0.1, 0.15) is 0 Å².